The number of carbonyl (C=O) groups is 3. The number of nitrogens with two attached hydrogens (primary N) is 1. The average molecular weight is 678 g/mol. The van der Waals surface area contributed by atoms with Crippen molar-refractivity contribution >= 4 is 33.7 Å². The van der Waals surface area contributed by atoms with Gasteiger partial charge in [0.2, 0.25) is 15.9 Å². The van der Waals surface area contributed by atoms with Gasteiger partial charge in [-0.3, -0.25) is 15.2 Å². The molecule has 0 bridgehead atoms. The lowest BCUT2D eigenvalue weighted by atomic mass is 10.1. The molecule has 1 amide bonds. The number of amides is 1. The molecule has 3 aromatic rings. The minimum Gasteiger partial charge on any atom is -0.475 e. The lowest BCUT2D eigenvalue weighted by molar-refractivity contribution is -0.193. The molecule has 1 fully saturated rings. The quantitative estimate of drug-likeness (QED) is 0.141. The van der Waals surface area contributed by atoms with Crippen molar-refractivity contribution in [3.8, 4) is 11.1 Å². The van der Waals surface area contributed by atoms with Crippen LogP contribution in [0.1, 0.15) is 17.5 Å². The Morgan fingerprint density at radius 3 is 1.91 bits per heavy atom. The highest BCUT2D eigenvalue weighted by molar-refractivity contribution is 7.89. The summed E-state index contributed by atoms with van der Waals surface area (Å²) < 4.78 is 91.7. The molecule has 1 aliphatic rings. The Labute approximate surface area is 257 Å². The molecule has 4 rings (SSSR count). The van der Waals surface area contributed by atoms with Gasteiger partial charge in [0.1, 0.15) is 11.9 Å². The molecule has 0 radical (unpaired) electrons. The zero-order chi connectivity index (χ0) is 34.9. The third-order valence-electron chi connectivity index (χ3n) is 5.87. The maximum absolute atomic E-state index is 12.8. The summed E-state index contributed by atoms with van der Waals surface area (Å²) in [6.07, 6.45) is -6.43. The molecule has 2 heterocycles. The Morgan fingerprint density at radius 1 is 0.935 bits per heavy atom. The summed E-state index contributed by atoms with van der Waals surface area (Å²) in [5.41, 5.74) is 8.76. The van der Waals surface area contributed by atoms with Crippen LogP contribution in [0.25, 0.3) is 11.1 Å². The number of carboxylic acids is 2. The van der Waals surface area contributed by atoms with Crippen molar-refractivity contribution in [2.45, 2.75) is 36.3 Å². The van der Waals surface area contributed by atoms with Crippen LogP contribution in [0.3, 0.4) is 0 Å². The fraction of sp³-hybridized carbons (Fsp3) is 0.222. The second-order valence-corrected chi connectivity index (χ2v) is 10.9. The number of amidine groups is 1. The monoisotopic (exact) mass is 677 g/mol. The van der Waals surface area contributed by atoms with E-state index in [1.165, 1.54) is 12.1 Å². The van der Waals surface area contributed by atoms with Crippen LogP contribution in [0.2, 0.25) is 0 Å². The fourth-order valence-electron chi connectivity index (χ4n) is 3.69. The summed E-state index contributed by atoms with van der Waals surface area (Å²) in [5, 5.41) is 21.8. The van der Waals surface area contributed by atoms with Gasteiger partial charge >= 0.3 is 24.3 Å². The number of nitrogens with zero attached hydrogens (tertiary/aromatic N) is 2. The van der Waals surface area contributed by atoms with Crippen molar-refractivity contribution in [1.82, 2.24) is 14.6 Å². The number of alkyl halides is 6. The molecular weight excluding hydrogens is 652 g/mol. The first-order chi connectivity index (χ1) is 21.2. The molecule has 1 aliphatic heterocycles. The number of likely N-dealkylation sites (tertiary alicyclic amines) is 1. The summed E-state index contributed by atoms with van der Waals surface area (Å²) in [6.45, 7) is 0.774. The van der Waals surface area contributed by atoms with Gasteiger partial charge in [0.15, 0.2) is 0 Å². The molecule has 0 saturated carbocycles. The van der Waals surface area contributed by atoms with Gasteiger partial charge in [-0.15, -0.1) is 0 Å². The summed E-state index contributed by atoms with van der Waals surface area (Å²) in [5.74, 6) is -5.82. The predicted molar refractivity (Wildman–Crippen MR) is 149 cm³/mol. The van der Waals surface area contributed by atoms with E-state index in [-0.39, 0.29) is 16.6 Å². The second kappa shape index (κ2) is 15.3. The molecule has 0 spiro atoms. The van der Waals surface area contributed by atoms with Gasteiger partial charge in [-0.1, -0.05) is 30.3 Å². The minimum absolute atomic E-state index is 0.0415. The molecule has 2 aromatic carbocycles. The lowest BCUT2D eigenvalue weighted by Crippen LogP contribution is -2.41. The zero-order valence-electron chi connectivity index (χ0n) is 23.2. The summed E-state index contributed by atoms with van der Waals surface area (Å²) in [6, 6.07) is 16.5. The molecule has 1 atom stereocenters. The number of nitrogens with one attached hydrogen (secondary N) is 2. The number of carboxylic acid groups (broad SMARTS) is 2. The van der Waals surface area contributed by atoms with Crippen LogP contribution in [0.5, 0.6) is 0 Å². The van der Waals surface area contributed by atoms with E-state index in [1.54, 1.807) is 47.6 Å². The number of aliphatic carboxylic acids is 2. The van der Waals surface area contributed by atoms with Crippen LogP contribution in [0.15, 0.2) is 78.0 Å². The first-order valence-corrected chi connectivity index (χ1v) is 14.1. The van der Waals surface area contributed by atoms with E-state index in [1.807, 2.05) is 18.2 Å². The molecule has 6 N–H and O–H groups in total. The third-order valence-corrected chi connectivity index (χ3v) is 7.36. The van der Waals surface area contributed by atoms with Crippen molar-refractivity contribution in [1.29, 1.82) is 5.41 Å². The summed E-state index contributed by atoms with van der Waals surface area (Å²) in [4.78, 5) is 36.3. The lowest BCUT2D eigenvalue weighted by Gasteiger charge is -2.18. The molecule has 1 saturated heterocycles. The topological polar surface area (TPSA) is 204 Å². The number of hydrogen-bond acceptors (Lipinski definition) is 7. The van der Waals surface area contributed by atoms with E-state index >= 15 is 0 Å². The number of aromatic nitrogens is 1. The van der Waals surface area contributed by atoms with Gasteiger partial charge in [0.25, 0.3) is 0 Å². The highest BCUT2D eigenvalue weighted by Gasteiger charge is 2.39. The molecular formula is C27H25F6N5O7S. The van der Waals surface area contributed by atoms with Crippen LogP contribution < -0.4 is 10.5 Å². The van der Waals surface area contributed by atoms with Crippen LogP contribution >= 0.6 is 0 Å². The second-order valence-electron chi connectivity index (χ2n) is 9.20. The Hall–Kier alpha value is -5.04. The Balaban J connectivity index is 0.000000440. The number of halogens is 6. The van der Waals surface area contributed by atoms with Crippen LogP contribution in [-0.2, 0) is 31.0 Å². The van der Waals surface area contributed by atoms with Crippen molar-refractivity contribution in [2.24, 2.45) is 5.73 Å². The third kappa shape index (κ3) is 11.1. The predicted octanol–water partition coefficient (Wildman–Crippen LogP) is 3.38. The molecule has 0 unspecified atom stereocenters. The number of rotatable bonds is 7. The van der Waals surface area contributed by atoms with Gasteiger partial charge in [-0.2, -0.15) is 31.1 Å². The number of pyridine rings is 1. The molecule has 19 heteroatoms. The molecule has 12 nitrogen and oxygen atoms in total. The van der Waals surface area contributed by atoms with E-state index in [9.17, 15) is 39.6 Å². The van der Waals surface area contributed by atoms with Crippen LogP contribution in [0.4, 0.5) is 26.3 Å². The smallest absolute Gasteiger partial charge is 0.475 e. The SMILES string of the molecule is N=C(N)c1cccc(CN2CC[C@H](NS(=O)(=O)c3ccc(-c4ccncc4)cc3)C2=O)c1.O=C(O)C(F)(F)F.O=C(O)C(F)(F)F. The first-order valence-electron chi connectivity index (χ1n) is 12.6. The van der Waals surface area contributed by atoms with Gasteiger partial charge in [0.05, 0.1) is 4.90 Å². The molecule has 0 aliphatic carbocycles. The van der Waals surface area contributed by atoms with Gasteiger partial charge in [-0.05, 0) is 53.4 Å². The van der Waals surface area contributed by atoms with Crippen LogP contribution in [0, 0.1) is 5.41 Å². The number of carbonyl (C=O) groups excluding carboxylic acids is 1. The molecule has 46 heavy (non-hydrogen) atoms. The number of sulfonamides is 1. The first kappa shape index (κ1) is 37.1. The van der Waals surface area contributed by atoms with E-state index in [2.05, 4.69) is 9.71 Å². The maximum atomic E-state index is 12.8. The number of nitrogen functional groups attached to an aromatic ring is 1. The average Bonchev–Trinajstić information content (AvgIpc) is 3.31. The fourth-order valence-corrected chi connectivity index (χ4v) is 4.91. The highest BCUT2D eigenvalue weighted by Crippen LogP contribution is 2.22. The van der Waals surface area contributed by atoms with Gasteiger partial charge < -0.3 is 20.8 Å². The van der Waals surface area contributed by atoms with Crippen molar-refractivity contribution in [3.63, 3.8) is 0 Å². The maximum Gasteiger partial charge on any atom is 0.490 e. The van der Waals surface area contributed by atoms with Crippen molar-refractivity contribution in [3.05, 3.63) is 84.2 Å². The Kier molecular flexibility index (Phi) is 12.4. The summed E-state index contributed by atoms with van der Waals surface area (Å²) >= 11 is 0. The van der Waals surface area contributed by atoms with E-state index in [4.69, 9.17) is 30.9 Å². The molecule has 248 valence electrons. The Bertz CT molecular complexity index is 1630. The molecule has 1 aromatic heterocycles. The zero-order valence-corrected chi connectivity index (χ0v) is 24.0. The van der Waals surface area contributed by atoms with E-state index < -0.39 is 40.4 Å². The van der Waals surface area contributed by atoms with E-state index in [0.29, 0.717) is 25.1 Å². The summed E-state index contributed by atoms with van der Waals surface area (Å²) in [7, 11) is -3.84. The largest absolute Gasteiger partial charge is 0.490 e. The van der Waals surface area contributed by atoms with E-state index in [0.717, 1.165) is 16.7 Å². The van der Waals surface area contributed by atoms with Crippen LogP contribution in [-0.4, -0.2) is 77.1 Å². The van der Waals surface area contributed by atoms with Crippen molar-refractivity contribution < 1.29 is 59.4 Å². The van der Waals surface area contributed by atoms with Crippen molar-refractivity contribution in [2.75, 3.05) is 6.54 Å². The normalized spacial score (nSPS) is 14.8. The Morgan fingerprint density at radius 2 is 1.43 bits per heavy atom. The van der Waals surface area contributed by atoms with Gasteiger partial charge in [-0.25, -0.2) is 18.0 Å². The number of benzene rings is 2. The van der Waals surface area contributed by atoms with Gasteiger partial charge in [0, 0.05) is 31.0 Å². The minimum atomic E-state index is -5.08. The standard InChI is InChI=1S/C23H23N5O3S.2C2HF3O2/c24-22(25)19-3-1-2-16(14-19)15-28-13-10-21(23(28)29)27-32(30,31)20-6-4-17(5-7-20)18-8-11-26-12-9-18;2*3-2(4,5)1(6)7/h1-9,11-12,14,21,27H,10,13,15H2,(H3,24,25);2*(H,6,7)/t21-;;/m0../s1. The number of hydrogen-bond donors (Lipinski definition) is 5. The highest BCUT2D eigenvalue weighted by atomic mass is 32.2.